The van der Waals surface area contributed by atoms with E-state index in [0.29, 0.717) is 5.69 Å². The quantitative estimate of drug-likeness (QED) is 0.487. The summed E-state index contributed by atoms with van der Waals surface area (Å²) in [6.45, 7) is 8.26. The molecule has 0 spiro atoms. The number of benzene rings is 1. The minimum atomic E-state index is -1.74. The van der Waals surface area contributed by atoms with Crippen molar-refractivity contribution in [2.45, 2.75) is 39.7 Å². The summed E-state index contributed by atoms with van der Waals surface area (Å²) in [4.78, 5) is 17.4. The van der Waals surface area contributed by atoms with Crippen molar-refractivity contribution in [1.82, 2.24) is 9.55 Å². The van der Waals surface area contributed by atoms with E-state index in [0.717, 1.165) is 5.56 Å². The second-order valence-electron chi connectivity index (χ2n) is 5.46. The Morgan fingerprint density at radius 1 is 1.08 bits per heavy atom. The second kappa shape index (κ2) is 8.89. The van der Waals surface area contributed by atoms with Crippen LogP contribution in [0, 0.1) is 0 Å². The first-order valence-corrected chi connectivity index (χ1v) is 8.63. The molecule has 136 valence electrons. The zero-order valence-electron chi connectivity index (χ0n) is 15.3. The van der Waals surface area contributed by atoms with Gasteiger partial charge in [-0.2, -0.15) is 0 Å². The molecule has 6 nitrogen and oxygen atoms in total. The van der Waals surface area contributed by atoms with Crippen molar-refractivity contribution in [3.63, 3.8) is 0 Å². The van der Waals surface area contributed by atoms with E-state index in [1.807, 2.05) is 41.8 Å². The Hall–Kier alpha value is -2.02. The van der Waals surface area contributed by atoms with Crippen molar-refractivity contribution in [2.24, 2.45) is 0 Å². The molecule has 0 aliphatic heterocycles. The first kappa shape index (κ1) is 19.3. The van der Waals surface area contributed by atoms with Gasteiger partial charge in [-0.1, -0.05) is 30.3 Å². The first-order valence-electron chi connectivity index (χ1n) is 8.63. The molecule has 0 amide bonds. The maximum atomic E-state index is 13.2. The number of aromatic nitrogens is 2. The standard InChI is InChI=1S/C19H26N2O4/c1-5-23-19(24-6-2,25-7-3)18(22)17-13-20-14-21(17)15(4)16-11-9-8-10-12-16/h8-15H,5-7H2,1-4H3/t15-/m1/s1. The van der Waals surface area contributed by atoms with Crippen LogP contribution in [0.15, 0.2) is 42.9 Å². The molecule has 0 fully saturated rings. The van der Waals surface area contributed by atoms with Gasteiger partial charge in [-0.05, 0) is 33.3 Å². The average molecular weight is 346 g/mol. The number of nitrogens with zero attached hydrogens (tertiary/aromatic N) is 2. The molecule has 0 unspecified atom stereocenters. The summed E-state index contributed by atoms with van der Waals surface area (Å²) >= 11 is 0. The van der Waals surface area contributed by atoms with E-state index in [2.05, 4.69) is 4.98 Å². The van der Waals surface area contributed by atoms with Crippen LogP contribution >= 0.6 is 0 Å². The van der Waals surface area contributed by atoms with Gasteiger partial charge in [0.05, 0.1) is 38.4 Å². The fourth-order valence-corrected chi connectivity index (χ4v) is 2.73. The predicted molar refractivity (Wildman–Crippen MR) is 94.4 cm³/mol. The number of carbonyl (C=O) groups is 1. The maximum Gasteiger partial charge on any atom is 0.353 e. The molecule has 1 heterocycles. The third kappa shape index (κ3) is 4.15. The highest BCUT2D eigenvalue weighted by molar-refractivity contribution is 5.99. The fourth-order valence-electron chi connectivity index (χ4n) is 2.73. The van der Waals surface area contributed by atoms with Crippen LogP contribution in [0.4, 0.5) is 0 Å². The molecule has 2 rings (SSSR count). The summed E-state index contributed by atoms with van der Waals surface area (Å²) in [6.07, 6.45) is 3.16. The number of imidazole rings is 1. The molecular formula is C19H26N2O4. The summed E-state index contributed by atoms with van der Waals surface area (Å²) < 4.78 is 18.6. The van der Waals surface area contributed by atoms with E-state index >= 15 is 0 Å². The monoisotopic (exact) mass is 346 g/mol. The number of carbonyl (C=O) groups excluding carboxylic acids is 1. The Labute approximate surface area is 148 Å². The Morgan fingerprint density at radius 2 is 1.64 bits per heavy atom. The number of ketones is 1. The SMILES string of the molecule is CCOC(OCC)(OCC)C(=O)c1cncn1[C@H](C)c1ccccc1. The Balaban J connectivity index is 2.40. The fraction of sp³-hybridized carbons (Fsp3) is 0.474. The Bertz CT molecular complexity index is 652. The van der Waals surface area contributed by atoms with E-state index in [4.69, 9.17) is 14.2 Å². The minimum Gasteiger partial charge on any atom is -0.321 e. The van der Waals surface area contributed by atoms with Gasteiger partial charge in [0.25, 0.3) is 5.78 Å². The smallest absolute Gasteiger partial charge is 0.321 e. The summed E-state index contributed by atoms with van der Waals surface area (Å²) in [5.74, 6) is -2.13. The molecular weight excluding hydrogens is 320 g/mol. The molecule has 25 heavy (non-hydrogen) atoms. The third-order valence-electron chi connectivity index (χ3n) is 3.88. The van der Waals surface area contributed by atoms with Crippen LogP contribution in [-0.2, 0) is 14.2 Å². The van der Waals surface area contributed by atoms with Crippen molar-refractivity contribution in [3.05, 3.63) is 54.1 Å². The molecule has 0 N–H and O–H groups in total. The summed E-state index contributed by atoms with van der Waals surface area (Å²) in [5.41, 5.74) is 1.45. The van der Waals surface area contributed by atoms with Gasteiger partial charge in [-0.25, -0.2) is 4.98 Å². The van der Waals surface area contributed by atoms with Crippen LogP contribution in [0.1, 0.15) is 49.8 Å². The number of hydrogen-bond acceptors (Lipinski definition) is 5. The molecule has 6 heteroatoms. The van der Waals surface area contributed by atoms with Crippen molar-refractivity contribution >= 4 is 5.78 Å². The molecule has 0 bridgehead atoms. The number of rotatable bonds is 10. The van der Waals surface area contributed by atoms with E-state index < -0.39 is 11.8 Å². The van der Waals surface area contributed by atoms with E-state index in [1.165, 1.54) is 6.20 Å². The third-order valence-corrected chi connectivity index (χ3v) is 3.88. The lowest BCUT2D eigenvalue weighted by atomic mass is 10.1. The molecule has 0 aliphatic carbocycles. The van der Waals surface area contributed by atoms with Gasteiger partial charge in [-0.15, -0.1) is 0 Å². The number of Topliss-reactive ketones (excluding diaryl/α,β-unsaturated/α-hetero) is 1. The van der Waals surface area contributed by atoms with Gasteiger partial charge < -0.3 is 18.8 Å². The topological polar surface area (TPSA) is 62.6 Å². The molecule has 0 saturated heterocycles. The summed E-state index contributed by atoms with van der Waals surface area (Å²) in [5, 5.41) is 0. The predicted octanol–water partition coefficient (Wildman–Crippen LogP) is 3.44. The minimum absolute atomic E-state index is 0.0646. The van der Waals surface area contributed by atoms with Crippen LogP contribution in [-0.4, -0.2) is 41.1 Å². The van der Waals surface area contributed by atoms with Crippen LogP contribution in [0.3, 0.4) is 0 Å². The number of ether oxygens (including phenoxy) is 3. The molecule has 2 aromatic rings. The van der Waals surface area contributed by atoms with Gasteiger partial charge in [-0.3, -0.25) is 4.79 Å². The molecule has 1 aromatic carbocycles. The van der Waals surface area contributed by atoms with Crippen molar-refractivity contribution in [1.29, 1.82) is 0 Å². The Kier molecular flexibility index (Phi) is 6.87. The molecule has 1 aromatic heterocycles. The van der Waals surface area contributed by atoms with Crippen molar-refractivity contribution in [3.8, 4) is 0 Å². The van der Waals surface area contributed by atoms with Crippen LogP contribution < -0.4 is 0 Å². The highest BCUT2D eigenvalue weighted by atomic mass is 16.9. The lowest BCUT2D eigenvalue weighted by Gasteiger charge is -2.31. The van der Waals surface area contributed by atoms with Crippen molar-refractivity contribution in [2.75, 3.05) is 19.8 Å². The first-order chi connectivity index (χ1) is 12.1. The maximum absolute atomic E-state index is 13.2. The average Bonchev–Trinajstić information content (AvgIpc) is 3.11. The van der Waals surface area contributed by atoms with E-state index in [-0.39, 0.29) is 25.9 Å². The normalized spacial score (nSPS) is 13.0. The van der Waals surface area contributed by atoms with Crippen LogP contribution in [0.25, 0.3) is 0 Å². The largest absolute Gasteiger partial charge is 0.353 e. The molecule has 0 saturated carbocycles. The molecule has 1 atom stereocenters. The molecule has 0 aliphatic rings. The van der Waals surface area contributed by atoms with Gasteiger partial charge in [0.1, 0.15) is 5.69 Å². The van der Waals surface area contributed by atoms with Gasteiger partial charge in [0.15, 0.2) is 0 Å². The highest BCUT2D eigenvalue weighted by Gasteiger charge is 2.44. The van der Waals surface area contributed by atoms with Crippen molar-refractivity contribution < 1.29 is 19.0 Å². The second-order valence-corrected chi connectivity index (χ2v) is 5.46. The summed E-state index contributed by atoms with van der Waals surface area (Å²) in [7, 11) is 0. The summed E-state index contributed by atoms with van der Waals surface area (Å²) in [6, 6.07) is 9.86. The lowest BCUT2D eigenvalue weighted by molar-refractivity contribution is -0.339. The van der Waals surface area contributed by atoms with Gasteiger partial charge in [0, 0.05) is 0 Å². The van der Waals surface area contributed by atoms with Crippen LogP contribution in [0.5, 0.6) is 0 Å². The lowest BCUT2D eigenvalue weighted by Crippen LogP contribution is -2.48. The van der Waals surface area contributed by atoms with Gasteiger partial charge in [0.2, 0.25) is 0 Å². The van der Waals surface area contributed by atoms with Gasteiger partial charge >= 0.3 is 5.97 Å². The van der Waals surface area contributed by atoms with Crippen LogP contribution in [0.2, 0.25) is 0 Å². The zero-order valence-corrected chi connectivity index (χ0v) is 15.3. The zero-order chi connectivity index (χ0) is 18.3. The van der Waals surface area contributed by atoms with E-state index in [9.17, 15) is 4.79 Å². The van der Waals surface area contributed by atoms with E-state index in [1.54, 1.807) is 27.1 Å². The molecule has 0 radical (unpaired) electrons. The number of hydrogen-bond donors (Lipinski definition) is 0. The Morgan fingerprint density at radius 3 is 2.16 bits per heavy atom. The highest BCUT2D eigenvalue weighted by Crippen LogP contribution is 2.26.